The van der Waals surface area contributed by atoms with Gasteiger partial charge in [-0.1, -0.05) is 35.0 Å². The van der Waals surface area contributed by atoms with Crippen molar-refractivity contribution in [1.29, 1.82) is 0 Å². The van der Waals surface area contributed by atoms with E-state index in [9.17, 15) is 22.4 Å². The van der Waals surface area contributed by atoms with E-state index >= 15 is 0 Å². The zero-order valence-electron chi connectivity index (χ0n) is 19.1. The number of rotatable bonds is 10. The minimum Gasteiger partial charge on any atom is -0.352 e. The Morgan fingerprint density at radius 1 is 1.06 bits per heavy atom. The smallest absolute Gasteiger partial charge is 0.244 e. The van der Waals surface area contributed by atoms with Crippen LogP contribution in [0.2, 0.25) is 0 Å². The van der Waals surface area contributed by atoms with Crippen LogP contribution in [0, 0.1) is 5.82 Å². The Labute approximate surface area is 203 Å². The third-order valence-corrected chi connectivity index (χ3v) is 6.55. The third-order valence-electron chi connectivity index (χ3n) is 4.88. The number of carbonyl (C=O) groups excluding carboxylic acids is 2. The van der Waals surface area contributed by atoms with Crippen molar-refractivity contribution in [2.75, 3.05) is 17.1 Å². The molecule has 0 aromatic heterocycles. The molecule has 1 N–H and O–H groups in total. The number of nitrogens with zero attached hydrogens (tertiary/aromatic N) is 2. The number of carbonyl (C=O) groups is 2. The summed E-state index contributed by atoms with van der Waals surface area (Å²) in [4.78, 5) is 27.7. The molecular weight excluding hydrogens is 513 g/mol. The second-order valence-corrected chi connectivity index (χ2v) is 10.8. The molecule has 0 saturated carbocycles. The van der Waals surface area contributed by atoms with Crippen molar-refractivity contribution in [3.63, 3.8) is 0 Å². The number of anilines is 1. The molecule has 0 aliphatic rings. The first-order valence-corrected chi connectivity index (χ1v) is 13.1. The van der Waals surface area contributed by atoms with Gasteiger partial charge in [-0.15, -0.1) is 0 Å². The molecule has 2 rings (SSSR count). The Morgan fingerprint density at radius 2 is 1.64 bits per heavy atom. The van der Waals surface area contributed by atoms with E-state index < -0.39 is 34.3 Å². The minimum atomic E-state index is -3.79. The SMILES string of the molecule is CCC(C(=O)NC(C)C)N(Cc1ccc(F)cc1)C(=O)CN(c1ccc(Br)cc1)S(C)(=O)=O. The predicted octanol–water partition coefficient (Wildman–Crippen LogP) is 3.69. The van der Waals surface area contributed by atoms with E-state index in [1.165, 1.54) is 29.2 Å². The van der Waals surface area contributed by atoms with Gasteiger partial charge in [0, 0.05) is 17.1 Å². The summed E-state index contributed by atoms with van der Waals surface area (Å²) in [5.41, 5.74) is 0.950. The molecule has 2 aromatic rings. The fraction of sp³-hybridized carbons (Fsp3) is 0.391. The van der Waals surface area contributed by atoms with Gasteiger partial charge >= 0.3 is 0 Å². The molecule has 2 aromatic carbocycles. The van der Waals surface area contributed by atoms with Gasteiger partial charge < -0.3 is 10.2 Å². The molecule has 0 heterocycles. The predicted molar refractivity (Wildman–Crippen MR) is 131 cm³/mol. The summed E-state index contributed by atoms with van der Waals surface area (Å²) >= 11 is 3.31. The molecule has 180 valence electrons. The molecule has 0 spiro atoms. The van der Waals surface area contributed by atoms with Gasteiger partial charge in [-0.2, -0.15) is 0 Å². The largest absolute Gasteiger partial charge is 0.352 e. The van der Waals surface area contributed by atoms with Gasteiger partial charge in [0.25, 0.3) is 0 Å². The van der Waals surface area contributed by atoms with E-state index in [0.29, 0.717) is 17.7 Å². The first-order valence-electron chi connectivity index (χ1n) is 10.5. The average Bonchev–Trinajstić information content (AvgIpc) is 2.72. The van der Waals surface area contributed by atoms with E-state index in [2.05, 4.69) is 21.2 Å². The van der Waals surface area contributed by atoms with Crippen LogP contribution >= 0.6 is 15.9 Å². The molecule has 0 fully saturated rings. The highest BCUT2D eigenvalue weighted by Crippen LogP contribution is 2.22. The minimum absolute atomic E-state index is 0.0288. The number of hydrogen-bond acceptors (Lipinski definition) is 4. The normalized spacial score (nSPS) is 12.3. The van der Waals surface area contributed by atoms with Gasteiger partial charge in [0.05, 0.1) is 11.9 Å². The van der Waals surface area contributed by atoms with E-state index in [-0.39, 0.29) is 18.5 Å². The molecule has 0 aliphatic heterocycles. The van der Waals surface area contributed by atoms with Crippen LogP contribution in [0.1, 0.15) is 32.8 Å². The quantitative estimate of drug-likeness (QED) is 0.497. The van der Waals surface area contributed by atoms with Gasteiger partial charge in [0.2, 0.25) is 21.8 Å². The lowest BCUT2D eigenvalue weighted by molar-refractivity contribution is -0.140. The summed E-state index contributed by atoms with van der Waals surface area (Å²) in [7, 11) is -3.79. The molecule has 0 saturated heterocycles. The molecule has 2 amide bonds. The summed E-state index contributed by atoms with van der Waals surface area (Å²) in [6.07, 6.45) is 1.35. The van der Waals surface area contributed by atoms with E-state index in [1.807, 2.05) is 13.8 Å². The van der Waals surface area contributed by atoms with Crippen LogP contribution < -0.4 is 9.62 Å². The van der Waals surface area contributed by atoms with E-state index in [1.54, 1.807) is 31.2 Å². The molecule has 0 aliphatic carbocycles. The third kappa shape index (κ3) is 7.82. The van der Waals surface area contributed by atoms with E-state index in [0.717, 1.165) is 15.0 Å². The van der Waals surface area contributed by atoms with Gasteiger partial charge in [-0.3, -0.25) is 13.9 Å². The fourth-order valence-electron chi connectivity index (χ4n) is 3.31. The summed E-state index contributed by atoms with van der Waals surface area (Å²) in [5.74, 6) is -1.30. The van der Waals surface area contributed by atoms with Crippen LogP contribution in [-0.2, 0) is 26.2 Å². The molecule has 1 atom stereocenters. The number of nitrogens with one attached hydrogen (secondary N) is 1. The maximum absolute atomic E-state index is 13.5. The number of amides is 2. The van der Waals surface area contributed by atoms with Crippen LogP contribution in [0.4, 0.5) is 10.1 Å². The Bertz CT molecular complexity index is 1060. The first-order chi connectivity index (χ1) is 15.4. The van der Waals surface area contributed by atoms with Gasteiger partial charge in [-0.25, -0.2) is 12.8 Å². The summed E-state index contributed by atoms with van der Waals surface area (Å²) in [5, 5.41) is 2.82. The molecular formula is C23H29BrFN3O4S. The van der Waals surface area contributed by atoms with Crippen molar-refractivity contribution in [2.24, 2.45) is 0 Å². The topological polar surface area (TPSA) is 86.8 Å². The molecule has 33 heavy (non-hydrogen) atoms. The number of hydrogen-bond donors (Lipinski definition) is 1. The Kier molecular flexibility index (Phi) is 9.42. The molecule has 1 unspecified atom stereocenters. The van der Waals surface area contributed by atoms with Crippen LogP contribution in [0.3, 0.4) is 0 Å². The lowest BCUT2D eigenvalue weighted by Crippen LogP contribution is -2.53. The zero-order valence-corrected chi connectivity index (χ0v) is 21.5. The highest BCUT2D eigenvalue weighted by molar-refractivity contribution is 9.10. The van der Waals surface area contributed by atoms with Crippen molar-refractivity contribution in [2.45, 2.75) is 45.8 Å². The van der Waals surface area contributed by atoms with Gasteiger partial charge in [0.1, 0.15) is 18.4 Å². The first kappa shape index (κ1) is 26.8. The maximum atomic E-state index is 13.5. The number of halogens is 2. The van der Waals surface area contributed by atoms with E-state index in [4.69, 9.17) is 0 Å². The van der Waals surface area contributed by atoms with Crippen molar-refractivity contribution in [3.05, 3.63) is 64.4 Å². The van der Waals surface area contributed by atoms with Crippen LogP contribution in [0.15, 0.2) is 53.0 Å². The van der Waals surface area contributed by atoms with Crippen molar-refractivity contribution < 1.29 is 22.4 Å². The summed E-state index contributed by atoms with van der Waals surface area (Å²) in [6, 6.07) is 11.2. The zero-order chi connectivity index (χ0) is 24.8. The number of sulfonamides is 1. The summed E-state index contributed by atoms with van der Waals surface area (Å²) < 4.78 is 40.2. The van der Waals surface area contributed by atoms with Crippen LogP contribution in [0.25, 0.3) is 0 Å². The second-order valence-electron chi connectivity index (χ2n) is 7.98. The highest BCUT2D eigenvalue weighted by atomic mass is 79.9. The lowest BCUT2D eigenvalue weighted by atomic mass is 10.1. The molecule has 0 radical (unpaired) electrons. The lowest BCUT2D eigenvalue weighted by Gasteiger charge is -2.33. The highest BCUT2D eigenvalue weighted by Gasteiger charge is 2.31. The fourth-order valence-corrected chi connectivity index (χ4v) is 4.42. The molecule has 7 nitrogen and oxygen atoms in total. The molecule has 10 heteroatoms. The standard InChI is InChI=1S/C23H29BrFN3O4S/c1-5-21(23(30)26-16(2)3)27(14-17-6-10-19(25)11-7-17)22(29)15-28(33(4,31)32)20-12-8-18(24)9-13-20/h6-13,16,21H,5,14-15H2,1-4H3,(H,26,30). The molecule has 0 bridgehead atoms. The Balaban J connectivity index is 2.42. The monoisotopic (exact) mass is 541 g/mol. The van der Waals surface area contributed by atoms with Crippen molar-refractivity contribution in [3.8, 4) is 0 Å². The Hall–Kier alpha value is -2.46. The summed E-state index contributed by atoms with van der Waals surface area (Å²) in [6.45, 7) is 4.96. The second kappa shape index (κ2) is 11.6. The van der Waals surface area contributed by atoms with Gasteiger partial charge in [-0.05, 0) is 62.2 Å². The van der Waals surface area contributed by atoms with Crippen LogP contribution in [0.5, 0.6) is 0 Å². The van der Waals surface area contributed by atoms with Crippen molar-refractivity contribution >= 4 is 43.5 Å². The number of benzene rings is 2. The van der Waals surface area contributed by atoms with Crippen molar-refractivity contribution in [1.82, 2.24) is 10.2 Å². The average molecular weight is 542 g/mol. The van der Waals surface area contributed by atoms with Gasteiger partial charge in [0.15, 0.2) is 0 Å². The van der Waals surface area contributed by atoms with Crippen LogP contribution in [-0.4, -0.2) is 50.0 Å². The Morgan fingerprint density at radius 3 is 2.12 bits per heavy atom. The maximum Gasteiger partial charge on any atom is 0.244 e.